The Bertz CT molecular complexity index is 697. The molecular formula is C18H25N3O3. The average molecular weight is 331 g/mol. The zero-order valence-electron chi connectivity index (χ0n) is 14.6. The maximum absolute atomic E-state index is 11.8. The van der Waals surface area contributed by atoms with Gasteiger partial charge in [0.05, 0.1) is 6.21 Å². The predicted molar refractivity (Wildman–Crippen MR) is 93.2 cm³/mol. The number of nitrogens with zero attached hydrogens (tertiary/aromatic N) is 2. The maximum Gasteiger partial charge on any atom is 0.263 e. The first kappa shape index (κ1) is 18.0. The second kappa shape index (κ2) is 7.05. The summed E-state index contributed by atoms with van der Waals surface area (Å²) < 4.78 is 0. The molecule has 1 heterocycles. The van der Waals surface area contributed by atoms with Crippen molar-refractivity contribution in [1.29, 1.82) is 0 Å². The van der Waals surface area contributed by atoms with Crippen molar-refractivity contribution in [2.45, 2.75) is 45.6 Å². The molecule has 3 N–H and O–H groups in total. The number of hydrazine groups is 1. The highest BCUT2D eigenvalue weighted by Gasteiger charge is 2.43. The number of hydrogen-bond acceptors (Lipinski definition) is 5. The smallest absolute Gasteiger partial charge is 0.263 e. The van der Waals surface area contributed by atoms with E-state index in [0.29, 0.717) is 0 Å². The van der Waals surface area contributed by atoms with Crippen LogP contribution in [0.15, 0.2) is 29.1 Å². The van der Waals surface area contributed by atoms with Crippen molar-refractivity contribution in [2.24, 2.45) is 5.16 Å². The van der Waals surface area contributed by atoms with Crippen molar-refractivity contribution < 1.29 is 15.1 Å². The summed E-state index contributed by atoms with van der Waals surface area (Å²) in [6, 6.07) is 3.96. The summed E-state index contributed by atoms with van der Waals surface area (Å²) in [6.07, 6.45) is 4.93. The molecule has 0 radical (unpaired) electrons. The molecule has 1 aromatic rings. The highest BCUT2D eigenvalue weighted by atomic mass is 16.4. The van der Waals surface area contributed by atoms with Crippen LogP contribution in [-0.2, 0) is 29.6 Å². The molecule has 130 valence electrons. The number of carbonyl (C=O) groups excluding carboxylic acids is 1. The van der Waals surface area contributed by atoms with Crippen LogP contribution in [0.5, 0.6) is 0 Å². The van der Waals surface area contributed by atoms with Crippen molar-refractivity contribution >= 4 is 12.1 Å². The summed E-state index contributed by atoms with van der Waals surface area (Å²) in [5, 5.41) is 24.2. The normalized spacial score (nSPS) is 21.4. The molecule has 1 unspecified atom stereocenters. The van der Waals surface area contributed by atoms with Crippen LogP contribution in [0.4, 0.5) is 0 Å². The second-order valence-electron chi connectivity index (χ2n) is 5.88. The van der Waals surface area contributed by atoms with E-state index in [2.05, 4.69) is 31.4 Å². The lowest BCUT2D eigenvalue weighted by atomic mass is 9.80. The number of carbonyl (C=O) groups is 1. The fourth-order valence-electron chi connectivity index (χ4n) is 3.44. The van der Waals surface area contributed by atoms with Gasteiger partial charge in [-0.3, -0.25) is 9.80 Å². The number of likely N-dealkylation sites (N-methyl/N-ethyl adjacent to an activating group) is 1. The fraction of sp³-hybridized carbons (Fsp3) is 0.444. The first-order valence-electron chi connectivity index (χ1n) is 8.24. The SMILES string of the molecule is CCc1ccc(C2(/C=N\O)NN(C)C(=O)C=C2O)c(CC)c1CC. The molecule has 6 heteroatoms. The Kier molecular flexibility index (Phi) is 5.29. The third kappa shape index (κ3) is 2.78. The van der Waals surface area contributed by atoms with Crippen molar-refractivity contribution in [3.63, 3.8) is 0 Å². The lowest BCUT2D eigenvalue weighted by Crippen LogP contribution is -2.58. The molecule has 0 aromatic heterocycles. The second-order valence-corrected chi connectivity index (χ2v) is 5.88. The Morgan fingerprint density at radius 2 is 1.88 bits per heavy atom. The van der Waals surface area contributed by atoms with E-state index < -0.39 is 5.54 Å². The van der Waals surface area contributed by atoms with Gasteiger partial charge in [-0.2, -0.15) is 0 Å². The van der Waals surface area contributed by atoms with E-state index in [4.69, 9.17) is 0 Å². The number of aliphatic hydroxyl groups is 1. The van der Waals surface area contributed by atoms with E-state index in [0.717, 1.165) is 36.5 Å². The number of aryl methyl sites for hydroxylation is 1. The fourth-order valence-corrected chi connectivity index (χ4v) is 3.44. The van der Waals surface area contributed by atoms with Crippen LogP contribution in [0.1, 0.15) is 43.0 Å². The van der Waals surface area contributed by atoms with Crippen molar-refractivity contribution in [3.05, 3.63) is 46.2 Å². The molecule has 24 heavy (non-hydrogen) atoms. The van der Waals surface area contributed by atoms with E-state index in [-0.39, 0.29) is 11.7 Å². The highest BCUT2D eigenvalue weighted by Crippen LogP contribution is 2.35. The van der Waals surface area contributed by atoms with Crippen LogP contribution < -0.4 is 5.43 Å². The molecule has 0 aliphatic carbocycles. The maximum atomic E-state index is 11.8. The first-order valence-corrected chi connectivity index (χ1v) is 8.24. The number of amides is 1. The molecule has 1 amide bonds. The van der Waals surface area contributed by atoms with Gasteiger partial charge in [-0.25, -0.2) is 5.43 Å². The monoisotopic (exact) mass is 331 g/mol. The van der Waals surface area contributed by atoms with Gasteiger partial charge in [-0.15, -0.1) is 0 Å². The third-order valence-electron chi connectivity index (χ3n) is 4.63. The van der Waals surface area contributed by atoms with Crippen LogP contribution >= 0.6 is 0 Å². The topological polar surface area (TPSA) is 85.2 Å². The quantitative estimate of drug-likeness (QED) is 0.439. The van der Waals surface area contributed by atoms with Gasteiger partial charge in [0, 0.05) is 13.1 Å². The van der Waals surface area contributed by atoms with E-state index in [1.807, 2.05) is 12.1 Å². The number of hydrogen-bond donors (Lipinski definition) is 3. The molecule has 1 aliphatic rings. The Morgan fingerprint density at radius 1 is 1.21 bits per heavy atom. The average Bonchev–Trinajstić information content (AvgIpc) is 2.58. The summed E-state index contributed by atoms with van der Waals surface area (Å²) in [5.74, 6) is -0.558. The lowest BCUT2D eigenvalue weighted by molar-refractivity contribution is -0.130. The summed E-state index contributed by atoms with van der Waals surface area (Å²) in [7, 11) is 1.57. The zero-order chi connectivity index (χ0) is 17.9. The number of oxime groups is 1. The van der Waals surface area contributed by atoms with Crippen LogP contribution in [0, 0.1) is 0 Å². The van der Waals surface area contributed by atoms with Gasteiger partial charge in [0.25, 0.3) is 5.91 Å². The zero-order valence-corrected chi connectivity index (χ0v) is 14.6. The van der Waals surface area contributed by atoms with E-state index >= 15 is 0 Å². The van der Waals surface area contributed by atoms with Crippen molar-refractivity contribution in [1.82, 2.24) is 10.4 Å². The summed E-state index contributed by atoms with van der Waals surface area (Å²) >= 11 is 0. The minimum Gasteiger partial charge on any atom is -0.509 e. The van der Waals surface area contributed by atoms with Gasteiger partial charge in [0.15, 0.2) is 5.54 Å². The molecule has 1 aromatic carbocycles. The molecule has 0 bridgehead atoms. The van der Waals surface area contributed by atoms with Gasteiger partial charge < -0.3 is 10.3 Å². The standard InChI is InChI=1S/C18H25N3O3/c1-5-12-8-9-15(14(7-3)13(12)6-2)18(11-19-24)16(22)10-17(23)21(4)20-18/h8-11,20,22,24H,5-7H2,1-4H3/b19-11-. The van der Waals surface area contributed by atoms with Gasteiger partial charge in [-0.1, -0.05) is 38.1 Å². The minimum atomic E-state index is -1.26. The Labute approximate surface area is 142 Å². The largest absolute Gasteiger partial charge is 0.509 e. The van der Waals surface area contributed by atoms with Gasteiger partial charge in [0.1, 0.15) is 5.76 Å². The van der Waals surface area contributed by atoms with E-state index in [1.54, 1.807) is 7.05 Å². The lowest BCUT2D eigenvalue weighted by Gasteiger charge is -2.39. The third-order valence-corrected chi connectivity index (χ3v) is 4.63. The number of nitrogens with one attached hydrogen (secondary N) is 1. The van der Waals surface area contributed by atoms with Crippen LogP contribution in [-0.4, -0.2) is 34.5 Å². The van der Waals surface area contributed by atoms with Gasteiger partial charge in [-0.05, 0) is 41.5 Å². The molecular weight excluding hydrogens is 306 g/mol. The summed E-state index contributed by atoms with van der Waals surface area (Å²) in [5.41, 5.74) is 6.07. The van der Waals surface area contributed by atoms with Gasteiger partial charge >= 0.3 is 0 Å². The van der Waals surface area contributed by atoms with Crippen molar-refractivity contribution in [2.75, 3.05) is 7.05 Å². The molecule has 0 saturated heterocycles. The Hall–Kier alpha value is -2.34. The molecule has 1 atom stereocenters. The molecule has 0 fully saturated rings. The molecule has 2 rings (SSSR count). The summed E-state index contributed by atoms with van der Waals surface area (Å²) in [4.78, 5) is 11.8. The van der Waals surface area contributed by atoms with E-state index in [1.165, 1.54) is 22.4 Å². The van der Waals surface area contributed by atoms with E-state index in [9.17, 15) is 15.1 Å². The first-order chi connectivity index (χ1) is 11.4. The summed E-state index contributed by atoms with van der Waals surface area (Å²) in [6.45, 7) is 6.27. The number of benzene rings is 1. The van der Waals surface area contributed by atoms with Crippen molar-refractivity contribution in [3.8, 4) is 0 Å². The molecule has 6 nitrogen and oxygen atoms in total. The molecule has 0 saturated carbocycles. The van der Waals surface area contributed by atoms with Gasteiger partial charge in [0.2, 0.25) is 0 Å². The van der Waals surface area contributed by atoms with Crippen LogP contribution in [0.2, 0.25) is 0 Å². The minimum absolute atomic E-state index is 0.190. The van der Waals surface area contributed by atoms with Crippen LogP contribution in [0.25, 0.3) is 0 Å². The number of rotatable bonds is 5. The Balaban J connectivity index is 2.79. The number of aliphatic hydroxyl groups excluding tert-OH is 1. The Morgan fingerprint density at radius 3 is 2.42 bits per heavy atom. The molecule has 0 spiro atoms. The predicted octanol–water partition coefficient (Wildman–Crippen LogP) is 2.45. The highest BCUT2D eigenvalue weighted by molar-refractivity contribution is 5.92. The molecule has 1 aliphatic heterocycles. The van der Waals surface area contributed by atoms with Crippen LogP contribution in [0.3, 0.4) is 0 Å².